The van der Waals surface area contributed by atoms with Crippen LogP contribution < -0.4 is 0 Å². The Morgan fingerprint density at radius 1 is 1.58 bits per heavy atom. The Kier molecular flexibility index (Phi) is 4.60. The van der Waals surface area contributed by atoms with Gasteiger partial charge in [-0.05, 0) is 6.42 Å². The minimum Gasteiger partial charge on any atom is -0.381 e. The fraction of sp³-hybridized carbons (Fsp3) is 0.692. The number of Topliss-reactive ketones (excluding diaryl/α,β-unsaturated/α-hetero) is 1. The van der Waals surface area contributed by atoms with Gasteiger partial charge >= 0.3 is 0 Å². The second-order valence-corrected chi connectivity index (χ2v) is 5.11. The average Bonchev–Trinajstić information content (AvgIpc) is 2.80. The number of ether oxygens (including phenoxy) is 2. The first-order valence-electron chi connectivity index (χ1n) is 6.53. The molecular weight excluding hydrogens is 268 g/mol. The summed E-state index contributed by atoms with van der Waals surface area (Å²) in [5.41, 5.74) is -0.375. The van der Waals surface area contributed by atoms with Crippen molar-refractivity contribution in [2.75, 3.05) is 20.3 Å². The summed E-state index contributed by atoms with van der Waals surface area (Å²) in [6.45, 7) is 3.76. The van der Waals surface area contributed by atoms with Crippen LogP contribution in [0.2, 0.25) is 5.02 Å². The van der Waals surface area contributed by atoms with E-state index in [1.807, 2.05) is 6.92 Å². The SMILES string of the molecule is CCCn1ncc(Cl)c1C(=O)C1(OC)CCOCC1. The highest BCUT2D eigenvalue weighted by Gasteiger charge is 2.42. The van der Waals surface area contributed by atoms with Crippen LogP contribution >= 0.6 is 11.6 Å². The van der Waals surface area contributed by atoms with Gasteiger partial charge in [0.1, 0.15) is 11.3 Å². The minimum atomic E-state index is -0.826. The molecule has 1 aliphatic heterocycles. The molecule has 5 nitrogen and oxygen atoms in total. The Morgan fingerprint density at radius 2 is 2.26 bits per heavy atom. The zero-order valence-electron chi connectivity index (χ0n) is 11.3. The molecule has 6 heteroatoms. The van der Waals surface area contributed by atoms with Gasteiger partial charge < -0.3 is 9.47 Å². The van der Waals surface area contributed by atoms with E-state index in [1.165, 1.54) is 6.20 Å². The zero-order chi connectivity index (χ0) is 13.9. The standard InChI is InChI=1S/C13H19ClN2O3/c1-3-6-16-11(10(14)9-15-16)12(17)13(18-2)4-7-19-8-5-13/h9H,3-8H2,1-2H3. The molecule has 2 heterocycles. The van der Waals surface area contributed by atoms with Gasteiger partial charge in [0, 0.05) is 39.7 Å². The summed E-state index contributed by atoms with van der Waals surface area (Å²) in [5, 5.41) is 4.55. The second kappa shape index (κ2) is 6.03. The normalized spacial score (nSPS) is 18.5. The molecule has 19 heavy (non-hydrogen) atoms. The van der Waals surface area contributed by atoms with Crippen molar-refractivity contribution >= 4 is 17.4 Å². The molecule has 0 aromatic carbocycles. The highest BCUT2D eigenvalue weighted by molar-refractivity contribution is 6.34. The number of hydrogen-bond acceptors (Lipinski definition) is 4. The smallest absolute Gasteiger partial charge is 0.214 e. The van der Waals surface area contributed by atoms with Crippen LogP contribution in [0.4, 0.5) is 0 Å². The maximum atomic E-state index is 12.8. The van der Waals surface area contributed by atoms with E-state index in [2.05, 4.69) is 5.10 Å². The Hall–Kier alpha value is -0.910. The molecule has 1 aromatic rings. The van der Waals surface area contributed by atoms with E-state index >= 15 is 0 Å². The van der Waals surface area contributed by atoms with E-state index in [9.17, 15) is 4.79 Å². The van der Waals surface area contributed by atoms with E-state index in [4.69, 9.17) is 21.1 Å². The van der Waals surface area contributed by atoms with Gasteiger partial charge in [0.15, 0.2) is 0 Å². The number of ketones is 1. The summed E-state index contributed by atoms with van der Waals surface area (Å²) < 4.78 is 12.5. The lowest BCUT2D eigenvalue weighted by atomic mass is 9.87. The number of aromatic nitrogens is 2. The lowest BCUT2D eigenvalue weighted by Crippen LogP contribution is -2.46. The molecule has 1 aromatic heterocycles. The van der Waals surface area contributed by atoms with Gasteiger partial charge in [0.25, 0.3) is 0 Å². The molecular formula is C13H19ClN2O3. The van der Waals surface area contributed by atoms with Gasteiger partial charge in [-0.15, -0.1) is 0 Å². The fourth-order valence-electron chi connectivity index (χ4n) is 2.41. The molecule has 0 bridgehead atoms. The van der Waals surface area contributed by atoms with Crippen LogP contribution in [0, 0.1) is 0 Å². The molecule has 2 rings (SSSR count). The largest absolute Gasteiger partial charge is 0.381 e. The van der Waals surface area contributed by atoms with E-state index < -0.39 is 5.60 Å². The van der Waals surface area contributed by atoms with Crippen LogP contribution in [0.25, 0.3) is 0 Å². The summed E-state index contributed by atoms with van der Waals surface area (Å²) in [6, 6.07) is 0. The number of carbonyl (C=O) groups is 1. The predicted octanol–water partition coefficient (Wildman–Crippen LogP) is 2.32. The molecule has 0 aliphatic carbocycles. The van der Waals surface area contributed by atoms with E-state index in [-0.39, 0.29) is 5.78 Å². The summed E-state index contributed by atoms with van der Waals surface area (Å²) in [6.07, 6.45) is 3.51. The Bertz CT molecular complexity index is 453. The van der Waals surface area contributed by atoms with Gasteiger partial charge in [-0.25, -0.2) is 0 Å². The molecule has 106 valence electrons. The van der Waals surface area contributed by atoms with Crippen molar-refractivity contribution in [3.8, 4) is 0 Å². The lowest BCUT2D eigenvalue weighted by Gasteiger charge is -2.34. The Labute approximate surface area is 117 Å². The van der Waals surface area contributed by atoms with Crippen LogP contribution in [0.1, 0.15) is 36.7 Å². The topological polar surface area (TPSA) is 53.4 Å². The number of methoxy groups -OCH3 is 1. The van der Waals surface area contributed by atoms with E-state index in [0.29, 0.717) is 43.3 Å². The van der Waals surface area contributed by atoms with Gasteiger partial charge in [-0.1, -0.05) is 18.5 Å². The summed E-state index contributed by atoms with van der Waals surface area (Å²) in [4.78, 5) is 12.8. The van der Waals surface area contributed by atoms with E-state index in [1.54, 1.807) is 11.8 Å². The van der Waals surface area contributed by atoms with Crippen molar-refractivity contribution < 1.29 is 14.3 Å². The number of hydrogen-bond donors (Lipinski definition) is 0. The Morgan fingerprint density at radius 3 is 2.84 bits per heavy atom. The molecule has 0 unspecified atom stereocenters. The van der Waals surface area contributed by atoms with Gasteiger partial charge in [-0.3, -0.25) is 9.48 Å². The van der Waals surface area contributed by atoms with Crippen molar-refractivity contribution in [1.29, 1.82) is 0 Å². The number of nitrogens with zero attached hydrogens (tertiary/aromatic N) is 2. The Balaban J connectivity index is 2.34. The fourth-order valence-corrected chi connectivity index (χ4v) is 2.64. The van der Waals surface area contributed by atoms with Crippen LogP contribution in [0.3, 0.4) is 0 Å². The average molecular weight is 287 g/mol. The first-order valence-corrected chi connectivity index (χ1v) is 6.91. The number of rotatable bonds is 5. The number of carbonyl (C=O) groups excluding carboxylic acids is 1. The van der Waals surface area contributed by atoms with Crippen LogP contribution in [0.15, 0.2) is 6.20 Å². The third-order valence-corrected chi connectivity index (χ3v) is 3.83. The van der Waals surface area contributed by atoms with Crippen molar-refractivity contribution in [1.82, 2.24) is 9.78 Å². The number of halogens is 1. The third-order valence-electron chi connectivity index (χ3n) is 3.55. The minimum absolute atomic E-state index is 0.0887. The third kappa shape index (κ3) is 2.68. The molecule has 0 spiro atoms. The monoisotopic (exact) mass is 286 g/mol. The molecule has 0 radical (unpaired) electrons. The van der Waals surface area contributed by atoms with Gasteiger partial charge in [0.05, 0.1) is 11.2 Å². The molecule has 0 atom stereocenters. The molecule has 0 N–H and O–H groups in total. The molecule has 1 saturated heterocycles. The molecule has 0 amide bonds. The van der Waals surface area contributed by atoms with Gasteiger partial charge in [-0.2, -0.15) is 5.10 Å². The summed E-state index contributed by atoms with van der Waals surface area (Å²) >= 11 is 6.12. The van der Waals surface area contributed by atoms with Crippen LogP contribution in [0.5, 0.6) is 0 Å². The van der Waals surface area contributed by atoms with Crippen LogP contribution in [-0.2, 0) is 16.0 Å². The predicted molar refractivity (Wildman–Crippen MR) is 71.7 cm³/mol. The number of aryl methyl sites for hydroxylation is 1. The van der Waals surface area contributed by atoms with Crippen molar-refractivity contribution in [3.63, 3.8) is 0 Å². The maximum absolute atomic E-state index is 12.8. The van der Waals surface area contributed by atoms with Crippen LogP contribution in [-0.4, -0.2) is 41.5 Å². The highest BCUT2D eigenvalue weighted by atomic mass is 35.5. The molecule has 1 fully saturated rings. The zero-order valence-corrected chi connectivity index (χ0v) is 12.1. The first-order chi connectivity index (χ1) is 9.14. The van der Waals surface area contributed by atoms with Crippen molar-refractivity contribution in [2.24, 2.45) is 0 Å². The van der Waals surface area contributed by atoms with Crippen molar-refractivity contribution in [2.45, 2.75) is 38.3 Å². The second-order valence-electron chi connectivity index (χ2n) is 4.70. The molecule has 0 saturated carbocycles. The first kappa shape index (κ1) is 14.5. The van der Waals surface area contributed by atoms with Gasteiger partial charge in [0.2, 0.25) is 5.78 Å². The highest BCUT2D eigenvalue weighted by Crippen LogP contribution is 2.31. The summed E-state index contributed by atoms with van der Waals surface area (Å²) in [5.74, 6) is -0.0887. The lowest BCUT2D eigenvalue weighted by molar-refractivity contribution is -0.0667. The summed E-state index contributed by atoms with van der Waals surface area (Å²) in [7, 11) is 1.57. The van der Waals surface area contributed by atoms with Crippen molar-refractivity contribution in [3.05, 3.63) is 16.9 Å². The quantitative estimate of drug-likeness (QED) is 0.780. The van der Waals surface area contributed by atoms with E-state index in [0.717, 1.165) is 6.42 Å². The molecule has 1 aliphatic rings. The maximum Gasteiger partial charge on any atom is 0.214 e.